The molecule has 2 heterocycles. The van der Waals surface area contributed by atoms with Gasteiger partial charge in [0, 0.05) is 24.0 Å². The van der Waals surface area contributed by atoms with Crippen molar-refractivity contribution < 1.29 is 0 Å². The van der Waals surface area contributed by atoms with Crippen LogP contribution in [0.25, 0.3) is 0 Å². The third-order valence-corrected chi connectivity index (χ3v) is 3.61. The largest absolute Gasteiger partial charge is 0.315 e. The van der Waals surface area contributed by atoms with Gasteiger partial charge in [-0.05, 0) is 31.5 Å². The van der Waals surface area contributed by atoms with Crippen LogP contribution in [-0.4, -0.2) is 31.6 Å². The van der Waals surface area contributed by atoms with Crippen LogP contribution in [0.4, 0.5) is 0 Å². The maximum Gasteiger partial charge on any atom is 0.0451 e. The average Bonchev–Trinajstić information content (AvgIpc) is 2.56. The van der Waals surface area contributed by atoms with E-state index in [2.05, 4.69) is 34.8 Å². The molecule has 1 aliphatic rings. The van der Waals surface area contributed by atoms with E-state index in [9.17, 15) is 0 Å². The number of likely N-dealkylation sites (N-methyl/N-ethyl adjacent to an activating group) is 1. The zero-order chi connectivity index (χ0) is 9.10. The van der Waals surface area contributed by atoms with Gasteiger partial charge < -0.3 is 5.32 Å². The minimum Gasteiger partial charge on any atom is -0.315 e. The SMILES string of the molecule is CN1CCNCCC1c1cccs1. The lowest BCUT2D eigenvalue weighted by atomic mass is 10.1. The number of thiophene rings is 1. The van der Waals surface area contributed by atoms with Crippen LogP contribution in [0.15, 0.2) is 17.5 Å². The fourth-order valence-corrected chi connectivity index (χ4v) is 2.76. The van der Waals surface area contributed by atoms with Gasteiger partial charge in [0.15, 0.2) is 0 Å². The molecule has 1 N–H and O–H groups in total. The molecule has 1 aromatic heterocycles. The summed E-state index contributed by atoms with van der Waals surface area (Å²) >= 11 is 1.87. The van der Waals surface area contributed by atoms with Crippen molar-refractivity contribution >= 4 is 11.3 Å². The highest BCUT2D eigenvalue weighted by molar-refractivity contribution is 7.10. The second-order valence-corrected chi connectivity index (χ2v) is 4.53. The summed E-state index contributed by atoms with van der Waals surface area (Å²) in [6.45, 7) is 3.42. The predicted octanol–water partition coefficient (Wildman–Crippen LogP) is 1.71. The third kappa shape index (κ3) is 2.10. The molecule has 1 aromatic rings. The van der Waals surface area contributed by atoms with Gasteiger partial charge in [-0.2, -0.15) is 0 Å². The Morgan fingerprint density at radius 1 is 1.54 bits per heavy atom. The van der Waals surface area contributed by atoms with E-state index >= 15 is 0 Å². The summed E-state index contributed by atoms with van der Waals surface area (Å²) < 4.78 is 0. The number of nitrogens with one attached hydrogen (secondary N) is 1. The van der Waals surface area contributed by atoms with Crippen molar-refractivity contribution in [3.05, 3.63) is 22.4 Å². The first-order chi connectivity index (χ1) is 6.38. The van der Waals surface area contributed by atoms with E-state index in [0.717, 1.165) is 19.6 Å². The zero-order valence-electron chi connectivity index (χ0n) is 7.99. The van der Waals surface area contributed by atoms with Crippen molar-refractivity contribution in [2.75, 3.05) is 26.7 Å². The lowest BCUT2D eigenvalue weighted by Crippen LogP contribution is -2.26. The maximum atomic E-state index is 3.43. The van der Waals surface area contributed by atoms with Gasteiger partial charge in [0.25, 0.3) is 0 Å². The standard InChI is InChI=1S/C10H16N2S/c1-12-7-6-11-5-4-9(12)10-3-2-8-13-10/h2-3,8-9,11H,4-7H2,1H3. The molecule has 0 aliphatic carbocycles. The fourth-order valence-electron chi connectivity index (χ4n) is 1.84. The highest BCUT2D eigenvalue weighted by atomic mass is 32.1. The molecule has 0 spiro atoms. The molecule has 1 atom stereocenters. The highest BCUT2D eigenvalue weighted by Gasteiger charge is 2.19. The number of rotatable bonds is 1. The highest BCUT2D eigenvalue weighted by Crippen LogP contribution is 2.27. The molecule has 0 saturated carbocycles. The number of hydrogen-bond donors (Lipinski definition) is 1. The van der Waals surface area contributed by atoms with Crippen molar-refractivity contribution in [1.29, 1.82) is 0 Å². The van der Waals surface area contributed by atoms with Crippen molar-refractivity contribution in [2.24, 2.45) is 0 Å². The summed E-state index contributed by atoms with van der Waals surface area (Å²) in [5.74, 6) is 0. The Morgan fingerprint density at radius 3 is 3.23 bits per heavy atom. The predicted molar refractivity (Wildman–Crippen MR) is 57.2 cm³/mol. The third-order valence-electron chi connectivity index (χ3n) is 2.64. The van der Waals surface area contributed by atoms with Gasteiger partial charge in [-0.25, -0.2) is 0 Å². The molecule has 1 unspecified atom stereocenters. The van der Waals surface area contributed by atoms with Crippen LogP contribution in [0.3, 0.4) is 0 Å². The molecule has 13 heavy (non-hydrogen) atoms. The summed E-state index contributed by atoms with van der Waals surface area (Å²) in [5.41, 5.74) is 0. The van der Waals surface area contributed by atoms with Crippen LogP contribution in [-0.2, 0) is 0 Å². The Balaban J connectivity index is 2.11. The second kappa shape index (κ2) is 4.22. The molecule has 72 valence electrons. The lowest BCUT2D eigenvalue weighted by molar-refractivity contribution is 0.262. The quantitative estimate of drug-likeness (QED) is 0.735. The van der Waals surface area contributed by atoms with Gasteiger partial charge in [-0.3, -0.25) is 4.90 Å². The number of nitrogens with zero attached hydrogens (tertiary/aromatic N) is 1. The molecule has 1 aliphatic heterocycles. The van der Waals surface area contributed by atoms with Gasteiger partial charge in [-0.1, -0.05) is 6.07 Å². The van der Waals surface area contributed by atoms with Crippen LogP contribution >= 0.6 is 11.3 Å². The molecule has 0 bridgehead atoms. The molecule has 0 aromatic carbocycles. The molecule has 0 radical (unpaired) electrons. The maximum absolute atomic E-state index is 3.43. The average molecular weight is 196 g/mol. The lowest BCUT2D eigenvalue weighted by Gasteiger charge is -2.23. The van der Waals surface area contributed by atoms with Crippen LogP contribution in [0.5, 0.6) is 0 Å². The van der Waals surface area contributed by atoms with Crippen LogP contribution < -0.4 is 5.32 Å². The molecular formula is C10H16N2S. The minimum absolute atomic E-state index is 0.634. The Morgan fingerprint density at radius 2 is 2.46 bits per heavy atom. The van der Waals surface area contributed by atoms with E-state index in [1.165, 1.54) is 11.3 Å². The molecule has 2 rings (SSSR count). The Bertz CT molecular complexity index is 245. The summed E-state index contributed by atoms with van der Waals surface area (Å²) in [5, 5.41) is 5.60. The van der Waals surface area contributed by atoms with E-state index in [4.69, 9.17) is 0 Å². The Hall–Kier alpha value is -0.380. The summed E-state index contributed by atoms with van der Waals surface area (Å²) in [6.07, 6.45) is 1.23. The van der Waals surface area contributed by atoms with Crippen molar-refractivity contribution in [2.45, 2.75) is 12.5 Å². The first kappa shape index (κ1) is 9.19. The summed E-state index contributed by atoms with van der Waals surface area (Å²) in [6, 6.07) is 5.03. The minimum atomic E-state index is 0.634. The van der Waals surface area contributed by atoms with Crippen LogP contribution in [0.1, 0.15) is 17.3 Å². The molecular weight excluding hydrogens is 180 g/mol. The van der Waals surface area contributed by atoms with Gasteiger partial charge in [0.05, 0.1) is 0 Å². The van der Waals surface area contributed by atoms with E-state index in [0.29, 0.717) is 6.04 Å². The fraction of sp³-hybridized carbons (Fsp3) is 0.600. The molecule has 0 amide bonds. The molecule has 3 heteroatoms. The summed E-state index contributed by atoms with van der Waals surface area (Å²) in [7, 11) is 2.22. The second-order valence-electron chi connectivity index (χ2n) is 3.55. The van der Waals surface area contributed by atoms with Crippen molar-refractivity contribution in [3.8, 4) is 0 Å². The van der Waals surface area contributed by atoms with Crippen molar-refractivity contribution in [1.82, 2.24) is 10.2 Å². The van der Waals surface area contributed by atoms with Crippen molar-refractivity contribution in [3.63, 3.8) is 0 Å². The topological polar surface area (TPSA) is 15.3 Å². The van der Waals surface area contributed by atoms with Gasteiger partial charge in [-0.15, -0.1) is 11.3 Å². The first-order valence-corrected chi connectivity index (χ1v) is 5.70. The molecule has 1 fully saturated rings. The van der Waals surface area contributed by atoms with E-state index in [1.54, 1.807) is 0 Å². The number of hydrogen-bond acceptors (Lipinski definition) is 3. The zero-order valence-corrected chi connectivity index (χ0v) is 8.81. The van der Waals surface area contributed by atoms with Crippen LogP contribution in [0, 0.1) is 0 Å². The first-order valence-electron chi connectivity index (χ1n) is 4.82. The van der Waals surface area contributed by atoms with Gasteiger partial charge >= 0.3 is 0 Å². The van der Waals surface area contributed by atoms with E-state index in [1.807, 2.05) is 11.3 Å². The molecule has 1 saturated heterocycles. The van der Waals surface area contributed by atoms with Gasteiger partial charge in [0.2, 0.25) is 0 Å². The van der Waals surface area contributed by atoms with E-state index in [-0.39, 0.29) is 0 Å². The van der Waals surface area contributed by atoms with E-state index < -0.39 is 0 Å². The van der Waals surface area contributed by atoms with Crippen LogP contribution in [0.2, 0.25) is 0 Å². The monoisotopic (exact) mass is 196 g/mol. The van der Waals surface area contributed by atoms with Gasteiger partial charge in [0.1, 0.15) is 0 Å². The summed E-state index contributed by atoms with van der Waals surface area (Å²) in [4.78, 5) is 3.96. The smallest absolute Gasteiger partial charge is 0.0451 e. The Labute approximate surface area is 83.6 Å². The Kier molecular flexibility index (Phi) is 2.98. The normalized spacial score (nSPS) is 25.8. The molecule has 2 nitrogen and oxygen atoms in total.